The molecule has 0 fully saturated rings. The Morgan fingerprint density at radius 2 is 2.31 bits per heavy atom. The molecule has 2 aromatic rings. The maximum atomic E-state index is 9.59. The number of rotatable bonds is 0. The molecule has 0 radical (unpaired) electrons. The van der Waals surface area contributed by atoms with Gasteiger partial charge in [-0.3, -0.25) is 0 Å². The van der Waals surface area contributed by atoms with Crippen molar-refractivity contribution < 1.29 is 9.52 Å². The van der Waals surface area contributed by atoms with Crippen molar-refractivity contribution in [1.82, 2.24) is 0 Å². The van der Waals surface area contributed by atoms with E-state index in [1.165, 1.54) is 0 Å². The second-order valence-corrected chi connectivity index (χ2v) is 3.26. The molecule has 0 spiro atoms. The lowest BCUT2D eigenvalue weighted by atomic mass is 10.1. The first kappa shape index (κ1) is 6.97. The van der Waals surface area contributed by atoms with E-state index in [2.05, 4.69) is 5.32 Å². The first-order chi connectivity index (χ1) is 6.36. The van der Waals surface area contributed by atoms with Gasteiger partial charge in [0.15, 0.2) is 0 Å². The number of fused-ring (bicyclic) bond motifs is 3. The monoisotopic (exact) mass is 175 g/mol. The average molecular weight is 175 g/mol. The van der Waals surface area contributed by atoms with E-state index in [1.807, 2.05) is 18.2 Å². The second kappa shape index (κ2) is 2.26. The second-order valence-electron chi connectivity index (χ2n) is 3.26. The molecule has 2 heterocycles. The van der Waals surface area contributed by atoms with Gasteiger partial charge in [-0.2, -0.15) is 0 Å². The number of anilines is 1. The predicted molar refractivity (Wildman–Crippen MR) is 49.7 cm³/mol. The molecule has 3 nitrogen and oxygen atoms in total. The predicted octanol–water partition coefficient (Wildman–Crippen LogP) is 1.89. The highest BCUT2D eigenvalue weighted by molar-refractivity contribution is 5.93. The molecule has 1 aliphatic heterocycles. The van der Waals surface area contributed by atoms with Crippen molar-refractivity contribution in [2.75, 3.05) is 11.9 Å². The normalized spacial score (nSPS) is 20.2. The van der Waals surface area contributed by atoms with Crippen molar-refractivity contribution in [2.45, 2.75) is 6.10 Å². The zero-order valence-electron chi connectivity index (χ0n) is 6.95. The first-order valence-corrected chi connectivity index (χ1v) is 4.28. The summed E-state index contributed by atoms with van der Waals surface area (Å²) in [5.74, 6) is 0. The van der Waals surface area contributed by atoms with E-state index >= 15 is 0 Å². The highest BCUT2D eigenvalue weighted by Crippen LogP contribution is 2.36. The van der Waals surface area contributed by atoms with Crippen LogP contribution in [0.25, 0.3) is 11.0 Å². The van der Waals surface area contributed by atoms with Crippen LogP contribution in [0, 0.1) is 0 Å². The SMILES string of the molecule is OC1CNc2c1ccc1occc21. The number of benzene rings is 1. The van der Waals surface area contributed by atoms with Crippen LogP contribution in [-0.2, 0) is 0 Å². The molecule has 0 saturated carbocycles. The Bertz CT molecular complexity index is 461. The molecule has 2 N–H and O–H groups in total. The number of aliphatic hydroxyl groups excluding tert-OH is 1. The van der Waals surface area contributed by atoms with Crippen LogP contribution in [0.2, 0.25) is 0 Å². The van der Waals surface area contributed by atoms with Gasteiger partial charge < -0.3 is 14.8 Å². The molecule has 1 atom stereocenters. The first-order valence-electron chi connectivity index (χ1n) is 4.28. The third-order valence-electron chi connectivity index (χ3n) is 2.50. The Morgan fingerprint density at radius 1 is 1.38 bits per heavy atom. The molecule has 66 valence electrons. The van der Waals surface area contributed by atoms with Crippen molar-refractivity contribution >= 4 is 16.7 Å². The number of hydrogen-bond donors (Lipinski definition) is 2. The summed E-state index contributed by atoms with van der Waals surface area (Å²) in [6.45, 7) is 0.597. The van der Waals surface area contributed by atoms with Crippen LogP contribution in [0.1, 0.15) is 11.7 Å². The molecule has 13 heavy (non-hydrogen) atoms. The Kier molecular flexibility index (Phi) is 1.21. The molecule has 0 amide bonds. The summed E-state index contributed by atoms with van der Waals surface area (Å²) in [5, 5.41) is 13.8. The standard InChI is InChI=1S/C10H9NO2/c12-8-5-11-10-6(8)1-2-9-7(10)3-4-13-9/h1-4,8,11-12H,5H2. The number of aliphatic hydroxyl groups is 1. The van der Waals surface area contributed by atoms with Crippen LogP contribution in [0.5, 0.6) is 0 Å². The average Bonchev–Trinajstić information content (AvgIpc) is 2.70. The summed E-state index contributed by atoms with van der Waals surface area (Å²) in [6, 6.07) is 5.72. The van der Waals surface area contributed by atoms with Crippen LogP contribution in [0.3, 0.4) is 0 Å². The van der Waals surface area contributed by atoms with E-state index in [0.29, 0.717) is 6.54 Å². The summed E-state index contributed by atoms with van der Waals surface area (Å²) < 4.78 is 5.26. The summed E-state index contributed by atoms with van der Waals surface area (Å²) in [5.41, 5.74) is 2.84. The van der Waals surface area contributed by atoms with Crippen molar-refractivity contribution in [2.24, 2.45) is 0 Å². The largest absolute Gasteiger partial charge is 0.464 e. The van der Waals surface area contributed by atoms with Crippen LogP contribution in [0.15, 0.2) is 28.9 Å². The van der Waals surface area contributed by atoms with Gasteiger partial charge in [0.05, 0.1) is 18.1 Å². The van der Waals surface area contributed by atoms with Gasteiger partial charge in [-0.15, -0.1) is 0 Å². The molecular weight excluding hydrogens is 166 g/mol. The lowest BCUT2D eigenvalue weighted by Crippen LogP contribution is -1.99. The minimum Gasteiger partial charge on any atom is -0.464 e. The molecule has 0 bridgehead atoms. The van der Waals surface area contributed by atoms with Crippen LogP contribution in [-0.4, -0.2) is 11.7 Å². The molecule has 0 aliphatic carbocycles. The van der Waals surface area contributed by atoms with Gasteiger partial charge in [0.1, 0.15) is 5.58 Å². The minimum absolute atomic E-state index is 0.380. The molecule has 1 aromatic heterocycles. The van der Waals surface area contributed by atoms with Crippen molar-refractivity contribution in [3.05, 3.63) is 30.0 Å². The summed E-state index contributed by atoms with van der Waals surface area (Å²) in [4.78, 5) is 0. The third kappa shape index (κ3) is 0.820. The quantitative estimate of drug-likeness (QED) is 0.642. The fourth-order valence-corrected chi connectivity index (χ4v) is 1.84. The third-order valence-corrected chi connectivity index (χ3v) is 2.50. The van der Waals surface area contributed by atoms with Gasteiger partial charge in [-0.05, 0) is 12.1 Å². The van der Waals surface area contributed by atoms with Crippen molar-refractivity contribution in [1.29, 1.82) is 0 Å². The Morgan fingerprint density at radius 3 is 3.23 bits per heavy atom. The van der Waals surface area contributed by atoms with Crippen LogP contribution < -0.4 is 5.32 Å². The fourth-order valence-electron chi connectivity index (χ4n) is 1.84. The van der Waals surface area contributed by atoms with E-state index in [4.69, 9.17) is 4.42 Å². The Hall–Kier alpha value is -1.48. The van der Waals surface area contributed by atoms with Gasteiger partial charge >= 0.3 is 0 Å². The van der Waals surface area contributed by atoms with E-state index in [-0.39, 0.29) is 6.10 Å². The molecule has 1 aromatic carbocycles. The zero-order valence-corrected chi connectivity index (χ0v) is 6.95. The maximum Gasteiger partial charge on any atom is 0.135 e. The van der Waals surface area contributed by atoms with Crippen LogP contribution >= 0.6 is 0 Å². The molecule has 1 aliphatic rings. The number of nitrogens with one attached hydrogen (secondary N) is 1. The number of furan rings is 1. The molecule has 3 heteroatoms. The lowest BCUT2D eigenvalue weighted by molar-refractivity contribution is 0.199. The minimum atomic E-state index is -0.380. The van der Waals surface area contributed by atoms with Gasteiger partial charge in [0, 0.05) is 17.5 Å². The number of β-amino-alcohol motifs (C(OH)–C–C–N with tert-alkyl or cyclic N) is 1. The maximum absolute atomic E-state index is 9.59. The summed E-state index contributed by atoms with van der Waals surface area (Å²) in [6.07, 6.45) is 1.28. The summed E-state index contributed by atoms with van der Waals surface area (Å²) >= 11 is 0. The molecule has 1 unspecified atom stereocenters. The Balaban J connectivity index is 2.39. The van der Waals surface area contributed by atoms with E-state index in [9.17, 15) is 5.11 Å². The van der Waals surface area contributed by atoms with Crippen molar-refractivity contribution in [3.8, 4) is 0 Å². The highest BCUT2D eigenvalue weighted by Gasteiger charge is 2.21. The highest BCUT2D eigenvalue weighted by atomic mass is 16.3. The Labute approximate surface area is 75.0 Å². The van der Waals surface area contributed by atoms with Gasteiger partial charge in [0.25, 0.3) is 0 Å². The van der Waals surface area contributed by atoms with E-state index in [0.717, 1.165) is 22.2 Å². The van der Waals surface area contributed by atoms with E-state index in [1.54, 1.807) is 6.26 Å². The summed E-state index contributed by atoms with van der Waals surface area (Å²) in [7, 11) is 0. The van der Waals surface area contributed by atoms with Gasteiger partial charge in [-0.1, -0.05) is 6.07 Å². The fraction of sp³-hybridized carbons (Fsp3) is 0.200. The topological polar surface area (TPSA) is 45.4 Å². The lowest BCUT2D eigenvalue weighted by Gasteiger charge is -2.00. The van der Waals surface area contributed by atoms with E-state index < -0.39 is 0 Å². The molecule has 3 rings (SSSR count). The smallest absolute Gasteiger partial charge is 0.135 e. The molecule has 0 saturated heterocycles. The zero-order chi connectivity index (χ0) is 8.84. The van der Waals surface area contributed by atoms with Crippen LogP contribution in [0.4, 0.5) is 5.69 Å². The number of hydrogen-bond acceptors (Lipinski definition) is 3. The molecular formula is C10H9NO2. The van der Waals surface area contributed by atoms with Gasteiger partial charge in [-0.25, -0.2) is 0 Å². The van der Waals surface area contributed by atoms with Crippen molar-refractivity contribution in [3.63, 3.8) is 0 Å². The van der Waals surface area contributed by atoms with Gasteiger partial charge in [0.2, 0.25) is 0 Å².